The predicted molar refractivity (Wildman–Crippen MR) is 78.6 cm³/mol. The zero-order chi connectivity index (χ0) is 13.8. The van der Waals surface area contributed by atoms with E-state index in [1.165, 1.54) is 32.1 Å². The van der Waals surface area contributed by atoms with Gasteiger partial charge in [-0.05, 0) is 51.5 Å². The number of amides is 1. The standard InChI is InChI=1S/C16H28N2O2/c19-16(9-8-15-5-3-11-20-15)18(14-6-7-14)12-13-4-1-2-10-17-13/h13-15,17H,1-12H2. The molecule has 4 heteroatoms. The Hall–Kier alpha value is -0.610. The Kier molecular flexibility index (Phi) is 4.94. The van der Waals surface area contributed by atoms with Gasteiger partial charge in [0.25, 0.3) is 0 Å². The summed E-state index contributed by atoms with van der Waals surface area (Å²) < 4.78 is 5.63. The molecule has 1 N–H and O–H groups in total. The summed E-state index contributed by atoms with van der Waals surface area (Å²) in [5, 5.41) is 3.57. The smallest absolute Gasteiger partial charge is 0.222 e. The van der Waals surface area contributed by atoms with Crippen molar-refractivity contribution in [2.24, 2.45) is 0 Å². The fourth-order valence-electron chi connectivity index (χ4n) is 3.46. The van der Waals surface area contributed by atoms with E-state index in [2.05, 4.69) is 10.2 Å². The minimum atomic E-state index is 0.341. The summed E-state index contributed by atoms with van der Waals surface area (Å²) in [5.41, 5.74) is 0. The molecule has 0 radical (unpaired) electrons. The van der Waals surface area contributed by atoms with Crippen LogP contribution in [0.25, 0.3) is 0 Å². The molecule has 1 aliphatic carbocycles. The van der Waals surface area contributed by atoms with Gasteiger partial charge < -0.3 is 15.0 Å². The lowest BCUT2D eigenvalue weighted by Crippen LogP contribution is -2.46. The van der Waals surface area contributed by atoms with E-state index in [-0.39, 0.29) is 0 Å². The molecule has 2 saturated heterocycles. The van der Waals surface area contributed by atoms with Gasteiger partial charge in [0.15, 0.2) is 0 Å². The topological polar surface area (TPSA) is 41.6 Å². The van der Waals surface area contributed by atoms with Gasteiger partial charge in [-0.1, -0.05) is 6.42 Å². The van der Waals surface area contributed by atoms with Crippen LogP contribution >= 0.6 is 0 Å². The summed E-state index contributed by atoms with van der Waals surface area (Å²) in [5.74, 6) is 0.357. The molecular weight excluding hydrogens is 252 g/mol. The molecule has 0 aromatic heterocycles. The molecule has 3 fully saturated rings. The monoisotopic (exact) mass is 280 g/mol. The average molecular weight is 280 g/mol. The number of hydrogen-bond acceptors (Lipinski definition) is 3. The number of carbonyl (C=O) groups excluding carboxylic acids is 1. The second-order valence-electron chi connectivity index (χ2n) is 6.60. The molecular formula is C16H28N2O2. The normalized spacial score (nSPS) is 30.4. The third kappa shape index (κ3) is 3.95. The first-order chi connectivity index (χ1) is 9.83. The van der Waals surface area contributed by atoms with E-state index in [1.54, 1.807) is 0 Å². The van der Waals surface area contributed by atoms with Crippen LogP contribution in [0.1, 0.15) is 57.8 Å². The van der Waals surface area contributed by atoms with Gasteiger partial charge in [0.05, 0.1) is 6.10 Å². The van der Waals surface area contributed by atoms with Crippen LogP contribution in [0.2, 0.25) is 0 Å². The first-order valence-corrected chi connectivity index (χ1v) is 8.47. The highest BCUT2D eigenvalue weighted by molar-refractivity contribution is 5.77. The quantitative estimate of drug-likeness (QED) is 0.810. The van der Waals surface area contributed by atoms with Gasteiger partial charge in [0.1, 0.15) is 0 Å². The van der Waals surface area contributed by atoms with Crippen LogP contribution in [0.4, 0.5) is 0 Å². The van der Waals surface area contributed by atoms with Crippen LogP contribution in [0.15, 0.2) is 0 Å². The van der Waals surface area contributed by atoms with Crippen molar-refractivity contribution in [3.63, 3.8) is 0 Å². The maximum Gasteiger partial charge on any atom is 0.222 e. The van der Waals surface area contributed by atoms with Gasteiger partial charge in [-0.15, -0.1) is 0 Å². The van der Waals surface area contributed by atoms with Crippen molar-refractivity contribution >= 4 is 5.91 Å². The van der Waals surface area contributed by atoms with Crippen molar-refractivity contribution in [2.45, 2.75) is 76.0 Å². The third-order valence-corrected chi connectivity index (χ3v) is 4.84. The molecule has 114 valence electrons. The number of hydrogen-bond donors (Lipinski definition) is 1. The summed E-state index contributed by atoms with van der Waals surface area (Å²) >= 11 is 0. The maximum atomic E-state index is 12.5. The summed E-state index contributed by atoms with van der Waals surface area (Å²) in [7, 11) is 0. The average Bonchev–Trinajstić information content (AvgIpc) is 3.19. The van der Waals surface area contributed by atoms with Gasteiger partial charge in [-0.2, -0.15) is 0 Å². The van der Waals surface area contributed by atoms with Crippen LogP contribution in [-0.4, -0.2) is 48.7 Å². The molecule has 20 heavy (non-hydrogen) atoms. The highest BCUT2D eigenvalue weighted by atomic mass is 16.5. The molecule has 3 aliphatic rings. The molecule has 0 spiro atoms. The molecule has 0 aromatic rings. The van der Waals surface area contributed by atoms with Crippen molar-refractivity contribution in [1.82, 2.24) is 10.2 Å². The number of nitrogens with one attached hydrogen (secondary N) is 1. The van der Waals surface area contributed by atoms with Gasteiger partial charge in [0, 0.05) is 31.7 Å². The van der Waals surface area contributed by atoms with Gasteiger partial charge in [0.2, 0.25) is 5.91 Å². The molecule has 0 bridgehead atoms. The molecule has 2 unspecified atom stereocenters. The zero-order valence-electron chi connectivity index (χ0n) is 12.5. The third-order valence-electron chi connectivity index (χ3n) is 4.84. The molecule has 2 heterocycles. The van der Waals surface area contributed by atoms with Gasteiger partial charge in [-0.3, -0.25) is 4.79 Å². The van der Waals surface area contributed by atoms with E-state index in [0.717, 1.165) is 39.0 Å². The number of nitrogens with zero attached hydrogens (tertiary/aromatic N) is 1. The molecule has 1 saturated carbocycles. The Morgan fingerprint density at radius 3 is 2.70 bits per heavy atom. The molecule has 0 aromatic carbocycles. The predicted octanol–water partition coefficient (Wildman–Crippen LogP) is 2.08. The van der Waals surface area contributed by atoms with Crippen LogP contribution in [0.5, 0.6) is 0 Å². The molecule has 1 amide bonds. The van der Waals surface area contributed by atoms with E-state index in [1.807, 2.05) is 0 Å². The Balaban J connectivity index is 1.46. The number of piperidine rings is 1. The molecule has 3 rings (SSSR count). The largest absolute Gasteiger partial charge is 0.378 e. The number of carbonyl (C=O) groups is 1. The van der Waals surface area contributed by atoms with Gasteiger partial charge >= 0.3 is 0 Å². The SMILES string of the molecule is O=C(CCC1CCCO1)N(CC1CCCCN1)C1CC1. The zero-order valence-corrected chi connectivity index (χ0v) is 12.5. The fourth-order valence-corrected chi connectivity index (χ4v) is 3.46. The van der Waals surface area contributed by atoms with Crippen molar-refractivity contribution in [2.75, 3.05) is 19.7 Å². The van der Waals surface area contributed by atoms with Crippen LogP contribution < -0.4 is 5.32 Å². The lowest BCUT2D eigenvalue weighted by molar-refractivity contribution is -0.132. The van der Waals surface area contributed by atoms with E-state index < -0.39 is 0 Å². The van der Waals surface area contributed by atoms with Crippen molar-refractivity contribution in [1.29, 1.82) is 0 Å². The summed E-state index contributed by atoms with van der Waals surface area (Å²) in [6.07, 6.45) is 10.5. The lowest BCUT2D eigenvalue weighted by atomic mass is 10.0. The second-order valence-corrected chi connectivity index (χ2v) is 6.60. The highest BCUT2D eigenvalue weighted by Crippen LogP contribution is 2.29. The van der Waals surface area contributed by atoms with Gasteiger partial charge in [-0.25, -0.2) is 0 Å². The van der Waals surface area contributed by atoms with Crippen molar-refractivity contribution in [3.8, 4) is 0 Å². The van der Waals surface area contributed by atoms with E-state index >= 15 is 0 Å². The molecule has 4 nitrogen and oxygen atoms in total. The van der Waals surface area contributed by atoms with Crippen LogP contribution in [-0.2, 0) is 9.53 Å². The van der Waals surface area contributed by atoms with E-state index in [0.29, 0.717) is 30.5 Å². The van der Waals surface area contributed by atoms with Crippen molar-refractivity contribution < 1.29 is 9.53 Å². The lowest BCUT2D eigenvalue weighted by Gasteiger charge is -2.31. The summed E-state index contributed by atoms with van der Waals surface area (Å²) in [6.45, 7) is 2.93. The molecule has 2 aliphatic heterocycles. The van der Waals surface area contributed by atoms with Crippen LogP contribution in [0, 0.1) is 0 Å². The van der Waals surface area contributed by atoms with E-state index in [4.69, 9.17) is 4.74 Å². The first kappa shape index (κ1) is 14.3. The Bertz CT molecular complexity index is 318. The minimum absolute atomic E-state index is 0.341. The summed E-state index contributed by atoms with van der Waals surface area (Å²) in [4.78, 5) is 14.7. The second kappa shape index (κ2) is 6.90. The number of rotatable bonds is 6. The Labute approximate surface area is 122 Å². The number of ether oxygens (including phenoxy) is 1. The minimum Gasteiger partial charge on any atom is -0.378 e. The van der Waals surface area contributed by atoms with Crippen LogP contribution in [0.3, 0.4) is 0 Å². The fraction of sp³-hybridized carbons (Fsp3) is 0.938. The first-order valence-electron chi connectivity index (χ1n) is 8.47. The Morgan fingerprint density at radius 2 is 2.05 bits per heavy atom. The maximum absolute atomic E-state index is 12.5. The molecule has 2 atom stereocenters. The summed E-state index contributed by atoms with van der Waals surface area (Å²) in [6, 6.07) is 1.06. The highest BCUT2D eigenvalue weighted by Gasteiger charge is 2.34. The van der Waals surface area contributed by atoms with E-state index in [9.17, 15) is 4.79 Å². The Morgan fingerprint density at radius 1 is 1.15 bits per heavy atom. The van der Waals surface area contributed by atoms with Crippen molar-refractivity contribution in [3.05, 3.63) is 0 Å².